The Bertz CT molecular complexity index is 1060. The molecule has 0 aromatic heterocycles. The van der Waals surface area contributed by atoms with Crippen molar-refractivity contribution in [3.63, 3.8) is 0 Å². The summed E-state index contributed by atoms with van der Waals surface area (Å²) in [6, 6.07) is 21.2. The van der Waals surface area contributed by atoms with Crippen LogP contribution in [0.2, 0.25) is 0 Å². The van der Waals surface area contributed by atoms with Crippen molar-refractivity contribution in [2.45, 2.75) is 19.3 Å². The first kappa shape index (κ1) is 20.6. The number of hydrogen-bond acceptors (Lipinski definition) is 2. The van der Waals surface area contributed by atoms with Crippen molar-refractivity contribution in [2.75, 3.05) is 23.3 Å². The molecule has 0 saturated carbocycles. The number of halogens is 1. The van der Waals surface area contributed by atoms with Gasteiger partial charge in [-0.05, 0) is 59.9 Å². The maximum absolute atomic E-state index is 12.9. The summed E-state index contributed by atoms with van der Waals surface area (Å²) in [6.07, 6.45) is 1.83. The van der Waals surface area contributed by atoms with Crippen LogP contribution in [0.1, 0.15) is 16.7 Å². The summed E-state index contributed by atoms with van der Waals surface area (Å²) in [5.74, 6) is -0.200. The first-order valence-electron chi connectivity index (χ1n) is 10.3. The first-order chi connectivity index (χ1) is 15.1. The molecule has 31 heavy (non-hydrogen) atoms. The monoisotopic (exact) mass is 417 g/mol. The molecule has 2 N–H and O–H groups in total. The van der Waals surface area contributed by atoms with Gasteiger partial charge in [-0.3, -0.25) is 4.79 Å². The molecule has 1 heterocycles. The highest BCUT2D eigenvalue weighted by molar-refractivity contribution is 5.96. The van der Waals surface area contributed by atoms with Crippen LogP contribution in [0.5, 0.6) is 0 Å². The van der Waals surface area contributed by atoms with Crippen molar-refractivity contribution < 1.29 is 14.0 Å². The molecule has 3 amide bonds. The second-order valence-corrected chi connectivity index (χ2v) is 7.56. The molecule has 0 bridgehead atoms. The van der Waals surface area contributed by atoms with Crippen LogP contribution in [0.4, 0.5) is 20.6 Å². The largest absolute Gasteiger partial charge is 0.338 e. The van der Waals surface area contributed by atoms with Gasteiger partial charge < -0.3 is 15.5 Å². The number of urea groups is 1. The van der Waals surface area contributed by atoms with E-state index in [1.54, 1.807) is 24.3 Å². The molecule has 0 aliphatic carbocycles. The van der Waals surface area contributed by atoms with Crippen LogP contribution in [0.3, 0.4) is 0 Å². The van der Waals surface area contributed by atoms with Crippen molar-refractivity contribution in [1.82, 2.24) is 5.32 Å². The van der Waals surface area contributed by atoms with Gasteiger partial charge in [-0.1, -0.05) is 42.5 Å². The van der Waals surface area contributed by atoms with E-state index in [0.717, 1.165) is 29.8 Å². The quantitative estimate of drug-likeness (QED) is 0.627. The molecule has 1 aliphatic rings. The van der Waals surface area contributed by atoms with Crippen molar-refractivity contribution in [2.24, 2.45) is 0 Å². The summed E-state index contributed by atoms with van der Waals surface area (Å²) in [7, 11) is 0. The SMILES string of the molecule is O=C(NCCc1ccc(F)cc1)Nc1ccc(CC(=O)N2CCc3ccccc32)cc1. The number of rotatable bonds is 6. The number of benzene rings is 3. The van der Waals surface area contributed by atoms with Crippen LogP contribution in [-0.4, -0.2) is 25.0 Å². The van der Waals surface area contributed by atoms with Crippen LogP contribution in [0, 0.1) is 5.82 Å². The van der Waals surface area contributed by atoms with Gasteiger partial charge in [0.2, 0.25) is 5.91 Å². The molecule has 0 atom stereocenters. The fourth-order valence-corrected chi connectivity index (χ4v) is 3.72. The molecular weight excluding hydrogens is 393 g/mol. The summed E-state index contributed by atoms with van der Waals surface area (Å²) in [5.41, 5.74) is 4.72. The van der Waals surface area contributed by atoms with Crippen molar-refractivity contribution >= 4 is 23.3 Å². The minimum atomic E-state index is -0.306. The van der Waals surface area contributed by atoms with Crippen LogP contribution < -0.4 is 15.5 Å². The lowest BCUT2D eigenvalue weighted by molar-refractivity contribution is -0.117. The third-order valence-corrected chi connectivity index (χ3v) is 5.37. The average Bonchev–Trinajstić information content (AvgIpc) is 3.21. The molecule has 5 nitrogen and oxygen atoms in total. The Morgan fingerprint density at radius 1 is 0.903 bits per heavy atom. The van der Waals surface area contributed by atoms with E-state index in [2.05, 4.69) is 16.7 Å². The van der Waals surface area contributed by atoms with E-state index in [0.29, 0.717) is 25.1 Å². The Balaban J connectivity index is 1.25. The molecule has 1 aliphatic heterocycles. The Labute approximate surface area is 180 Å². The Morgan fingerprint density at radius 2 is 1.61 bits per heavy atom. The van der Waals surface area contributed by atoms with E-state index in [4.69, 9.17) is 0 Å². The first-order valence-corrected chi connectivity index (χ1v) is 10.3. The molecule has 3 aromatic carbocycles. The summed E-state index contributed by atoms with van der Waals surface area (Å²) in [4.78, 5) is 26.6. The smallest absolute Gasteiger partial charge is 0.319 e. The Hall–Kier alpha value is -3.67. The highest BCUT2D eigenvalue weighted by Crippen LogP contribution is 2.28. The zero-order chi connectivity index (χ0) is 21.6. The fraction of sp³-hybridized carbons (Fsp3) is 0.200. The molecule has 4 rings (SSSR count). The average molecular weight is 417 g/mol. The number of amides is 3. The normalized spacial score (nSPS) is 12.4. The predicted molar refractivity (Wildman–Crippen MR) is 120 cm³/mol. The van der Waals surface area contributed by atoms with Crippen LogP contribution in [0.25, 0.3) is 0 Å². The number of nitrogens with zero attached hydrogens (tertiary/aromatic N) is 1. The molecule has 6 heteroatoms. The van der Waals surface area contributed by atoms with E-state index in [-0.39, 0.29) is 17.8 Å². The molecule has 0 unspecified atom stereocenters. The molecule has 0 radical (unpaired) electrons. The Morgan fingerprint density at radius 3 is 2.39 bits per heavy atom. The minimum absolute atomic E-state index is 0.0733. The third kappa shape index (κ3) is 5.28. The molecular formula is C25H24FN3O2. The van der Waals surface area contributed by atoms with Gasteiger partial charge >= 0.3 is 6.03 Å². The lowest BCUT2D eigenvalue weighted by atomic mass is 10.1. The topological polar surface area (TPSA) is 61.4 Å². The molecule has 3 aromatic rings. The summed E-state index contributed by atoms with van der Waals surface area (Å²) < 4.78 is 12.9. The van der Waals surface area contributed by atoms with Gasteiger partial charge in [0.15, 0.2) is 0 Å². The number of para-hydroxylation sites is 1. The van der Waals surface area contributed by atoms with Gasteiger partial charge in [0.05, 0.1) is 6.42 Å². The van der Waals surface area contributed by atoms with Crippen LogP contribution in [0.15, 0.2) is 72.8 Å². The standard InChI is InChI=1S/C25H24FN3O2/c26-21-9-5-18(6-10-21)13-15-27-25(31)28-22-11-7-19(8-12-22)17-24(30)29-16-14-20-3-1-2-4-23(20)29/h1-12H,13-17H2,(H2,27,28,31). The number of fused-ring (bicyclic) bond motifs is 1. The predicted octanol–water partition coefficient (Wildman–Crippen LogP) is 4.32. The summed E-state index contributed by atoms with van der Waals surface area (Å²) >= 11 is 0. The van der Waals surface area contributed by atoms with E-state index >= 15 is 0 Å². The maximum atomic E-state index is 12.9. The third-order valence-electron chi connectivity index (χ3n) is 5.37. The highest BCUT2D eigenvalue weighted by Gasteiger charge is 2.23. The van der Waals surface area contributed by atoms with Crippen LogP contribution >= 0.6 is 0 Å². The van der Waals surface area contributed by atoms with Crippen molar-refractivity contribution in [3.05, 3.63) is 95.3 Å². The zero-order valence-corrected chi connectivity index (χ0v) is 17.1. The van der Waals surface area contributed by atoms with Gasteiger partial charge in [0.1, 0.15) is 5.82 Å². The minimum Gasteiger partial charge on any atom is -0.338 e. The number of carbonyl (C=O) groups is 2. The Kier molecular flexibility index (Phi) is 6.26. The van der Waals surface area contributed by atoms with E-state index < -0.39 is 0 Å². The van der Waals surface area contributed by atoms with Gasteiger partial charge in [-0.15, -0.1) is 0 Å². The van der Waals surface area contributed by atoms with Gasteiger partial charge in [0.25, 0.3) is 0 Å². The van der Waals surface area contributed by atoms with Gasteiger partial charge in [-0.25, -0.2) is 9.18 Å². The number of anilines is 2. The van der Waals surface area contributed by atoms with Crippen molar-refractivity contribution in [3.8, 4) is 0 Å². The number of nitrogens with one attached hydrogen (secondary N) is 2. The van der Waals surface area contributed by atoms with Crippen molar-refractivity contribution in [1.29, 1.82) is 0 Å². The molecule has 0 saturated heterocycles. The van der Waals surface area contributed by atoms with E-state index in [9.17, 15) is 14.0 Å². The summed E-state index contributed by atoms with van der Waals surface area (Å²) in [5, 5.41) is 5.56. The lowest BCUT2D eigenvalue weighted by Crippen LogP contribution is -2.30. The fourth-order valence-electron chi connectivity index (χ4n) is 3.72. The highest BCUT2D eigenvalue weighted by atomic mass is 19.1. The molecule has 158 valence electrons. The van der Waals surface area contributed by atoms with E-state index in [1.807, 2.05) is 35.2 Å². The van der Waals surface area contributed by atoms with E-state index in [1.165, 1.54) is 17.7 Å². The second-order valence-electron chi connectivity index (χ2n) is 7.56. The zero-order valence-electron chi connectivity index (χ0n) is 17.1. The number of hydrogen-bond donors (Lipinski definition) is 2. The maximum Gasteiger partial charge on any atom is 0.319 e. The molecule has 0 spiro atoms. The molecule has 0 fully saturated rings. The second kappa shape index (κ2) is 9.43. The number of carbonyl (C=O) groups excluding carboxylic acids is 2. The van der Waals surface area contributed by atoms with Crippen LogP contribution in [-0.2, 0) is 24.1 Å². The van der Waals surface area contributed by atoms with Gasteiger partial charge in [0, 0.05) is 24.5 Å². The van der Waals surface area contributed by atoms with Gasteiger partial charge in [-0.2, -0.15) is 0 Å². The summed E-state index contributed by atoms with van der Waals surface area (Å²) in [6.45, 7) is 1.16. The lowest BCUT2D eigenvalue weighted by Gasteiger charge is -2.17.